The predicted molar refractivity (Wildman–Crippen MR) is 79.1 cm³/mol. The second-order valence-corrected chi connectivity index (χ2v) is 4.96. The van der Waals surface area contributed by atoms with Crippen LogP contribution >= 0.6 is 0 Å². The number of ether oxygens (including phenoxy) is 1. The van der Waals surface area contributed by atoms with Gasteiger partial charge in [0.25, 0.3) is 0 Å². The minimum atomic E-state index is -0.620. The first-order valence-corrected chi connectivity index (χ1v) is 6.78. The molecule has 0 radical (unpaired) electrons. The second-order valence-electron chi connectivity index (χ2n) is 4.96. The smallest absolute Gasteiger partial charge is 0.239 e. The number of hydrogen-bond acceptors (Lipinski definition) is 2. The lowest BCUT2D eigenvalue weighted by atomic mass is 9.73. The number of para-hydroxylation sites is 1. The molecule has 20 heavy (non-hydrogen) atoms. The average Bonchev–Trinajstić information content (AvgIpc) is 2.80. The Bertz CT molecular complexity index is 651. The summed E-state index contributed by atoms with van der Waals surface area (Å²) in [5.41, 5.74) is 2.19. The standard InChI is InChI=1S/C17H17NO2/c1-3-17(12-8-5-4-6-9-12)13-10-7-11-14(20-2)15(13)18-16(17)19/h4-11H,3H2,1-2H3,(H,18,19). The van der Waals surface area contributed by atoms with Gasteiger partial charge in [0, 0.05) is 0 Å². The fourth-order valence-corrected chi connectivity index (χ4v) is 3.09. The van der Waals surface area contributed by atoms with Crippen LogP contribution < -0.4 is 10.1 Å². The average molecular weight is 267 g/mol. The van der Waals surface area contributed by atoms with E-state index in [9.17, 15) is 4.79 Å². The highest BCUT2D eigenvalue weighted by molar-refractivity contribution is 6.10. The Labute approximate surface area is 118 Å². The number of fused-ring (bicyclic) bond motifs is 1. The largest absolute Gasteiger partial charge is 0.495 e. The zero-order valence-corrected chi connectivity index (χ0v) is 11.6. The van der Waals surface area contributed by atoms with Gasteiger partial charge in [0.2, 0.25) is 5.91 Å². The van der Waals surface area contributed by atoms with E-state index in [1.807, 2.05) is 55.5 Å². The molecule has 0 fully saturated rings. The fourth-order valence-electron chi connectivity index (χ4n) is 3.09. The normalized spacial score (nSPS) is 20.4. The molecule has 0 spiro atoms. The summed E-state index contributed by atoms with van der Waals surface area (Å²) >= 11 is 0. The number of nitrogens with one attached hydrogen (secondary N) is 1. The van der Waals surface area contributed by atoms with Crippen molar-refractivity contribution < 1.29 is 9.53 Å². The summed E-state index contributed by atoms with van der Waals surface area (Å²) in [6.45, 7) is 2.04. The number of hydrogen-bond donors (Lipinski definition) is 1. The monoisotopic (exact) mass is 267 g/mol. The number of benzene rings is 2. The van der Waals surface area contributed by atoms with Crippen molar-refractivity contribution in [3.8, 4) is 5.75 Å². The molecule has 0 aromatic heterocycles. The lowest BCUT2D eigenvalue weighted by Gasteiger charge is -2.26. The SMILES string of the molecule is CCC1(c2ccccc2)C(=O)Nc2c(OC)cccc21. The summed E-state index contributed by atoms with van der Waals surface area (Å²) in [7, 11) is 1.62. The van der Waals surface area contributed by atoms with E-state index in [4.69, 9.17) is 4.74 Å². The van der Waals surface area contributed by atoms with Crippen LogP contribution in [0, 0.1) is 0 Å². The Morgan fingerprint density at radius 1 is 1.10 bits per heavy atom. The summed E-state index contributed by atoms with van der Waals surface area (Å²) in [5, 5.41) is 2.99. The van der Waals surface area contributed by atoms with Crippen LogP contribution in [0.25, 0.3) is 0 Å². The molecule has 1 amide bonds. The summed E-state index contributed by atoms with van der Waals surface area (Å²) in [6.07, 6.45) is 0.711. The molecule has 3 heteroatoms. The topological polar surface area (TPSA) is 38.3 Å². The highest BCUT2D eigenvalue weighted by atomic mass is 16.5. The van der Waals surface area contributed by atoms with Crippen molar-refractivity contribution in [1.29, 1.82) is 0 Å². The number of anilines is 1. The Balaban J connectivity index is 2.27. The molecule has 0 aliphatic carbocycles. The van der Waals surface area contributed by atoms with Gasteiger partial charge >= 0.3 is 0 Å². The van der Waals surface area contributed by atoms with Crippen LogP contribution in [0.2, 0.25) is 0 Å². The first-order valence-electron chi connectivity index (χ1n) is 6.78. The third-order valence-corrected chi connectivity index (χ3v) is 4.13. The van der Waals surface area contributed by atoms with E-state index < -0.39 is 5.41 Å². The first kappa shape index (κ1) is 12.7. The summed E-state index contributed by atoms with van der Waals surface area (Å²) in [6, 6.07) is 15.7. The van der Waals surface area contributed by atoms with Crippen LogP contribution in [-0.4, -0.2) is 13.0 Å². The zero-order valence-electron chi connectivity index (χ0n) is 11.6. The maximum Gasteiger partial charge on any atom is 0.239 e. The van der Waals surface area contributed by atoms with E-state index in [-0.39, 0.29) is 5.91 Å². The van der Waals surface area contributed by atoms with E-state index in [0.717, 1.165) is 16.8 Å². The summed E-state index contributed by atoms with van der Waals surface area (Å²) < 4.78 is 5.36. The first-order chi connectivity index (χ1) is 9.74. The van der Waals surface area contributed by atoms with E-state index in [2.05, 4.69) is 5.32 Å². The molecule has 1 heterocycles. The fraction of sp³-hybridized carbons (Fsp3) is 0.235. The van der Waals surface area contributed by atoms with Gasteiger partial charge in [-0.15, -0.1) is 0 Å². The van der Waals surface area contributed by atoms with Gasteiger partial charge in [-0.05, 0) is 23.6 Å². The number of rotatable bonds is 3. The maximum absolute atomic E-state index is 12.7. The van der Waals surface area contributed by atoms with Gasteiger partial charge in [-0.25, -0.2) is 0 Å². The Hall–Kier alpha value is -2.29. The molecule has 0 saturated heterocycles. The van der Waals surface area contributed by atoms with Crippen LogP contribution in [0.3, 0.4) is 0 Å². The summed E-state index contributed by atoms with van der Waals surface area (Å²) in [5.74, 6) is 0.729. The molecular formula is C17H17NO2. The lowest BCUT2D eigenvalue weighted by Crippen LogP contribution is -2.34. The third-order valence-electron chi connectivity index (χ3n) is 4.13. The molecule has 2 aromatic rings. The highest BCUT2D eigenvalue weighted by Crippen LogP contribution is 2.48. The van der Waals surface area contributed by atoms with Gasteiger partial charge in [-0.1, -0.05) is 49.4 Å². The number of carbonyl (C=O) groups excluding carboxylic acids is 1. The van der Waals surface area contributed by atoms with E-state index in [1.54, 1.807) is 7.11 Å². The van der Waals surface area contributed by atoms with Crippen molar-refractivity contribution in [3.05, 3.63) is 59.7 Å². The van der Waals surface area contributed by atoms with Crippen molar-refractivity contribution in [3.63, 3.8) is 0 Å². The molecule has 102 valence electrons. The van der Waals surface area contributed by atoms with Crippen molar-refractivity contribution >= 4 is 11.6 Å². The van der Waals surface area contributed by atoms with Crippen LogP contribution in [0.15, 0.2) is 48.5 Å². The van der Waals surface area contributed by atoms with Crippen LogP contribution in [0.5, 0.6) is 5.75 Å². The van der Waals surface area contributed by atoms with Crippen LogP contribution in [-0.2, 0) is 10.2 Å². The molecule has 1 N–H and O–H groups in total. The molecule has 1 aliphatic rings. The van der Waals surface area contributed by atoms with Gasteiger partial charge in [-0.2, -0.15) is 0 Å². The number of carbonyl (C=O) groups is 1. The Morgan fingerprint density at radius 2 is 1.85 bits per heavy atom. The van der Waals surface area contributed by atoms with Crippen molar-refractivity contribution in [2.75, 3.05) is 12.4 Å². The van der Waals surface area contributed by atoms with Crippen LogP contribution in [0.4, 0.5) is 5.69 Å². The van der Waals surface area contributed by atoms with Gasteiger partial charge < -0.3 is 10.1 Å². The Morgan fingerprint density at radius 3 is 2.50 bits per heavy atom. The molecule has 3 nitrogen and oxygen atoms in total. The van der Waals surface area contributed by atoms with Crippen molar-refractivity contribution in [2.24, 2.45) is 0 Å². The molecule has 0 saturated carbocycles. The molecule has 1 atom stereocenters. The lowest BCUT2D eigenvalue weighted by molar-refractivity contribution is -0.119. The molecular weight excluding hydrogens is 250 g/mol. The maximum atomic E-state index is 12.7. The van der Waals surface area contributed by atoms with Crippen molar-refractivity contribution in [1.82, 2.24) is 0 Å². The van der Waals surface area contributed by atoms with E-state index in [0.29, 0.717) is 12.2 Å². The molecule has 0 bridgehead atoms. The minimum Gasteiger partial charge on any atom is -0.495 e. The second kappa shape index (κ2) is 4.67. The molecule has 1 aliphatic heterocycles. The predicted octanol–water partition coefficient (Wildman–Crippen LogP) is 3.34. The van der Waals surface area contributed by atoms with Crippen LogP contribution in [0.1, 0.15) is 24.5 Å². The molecule has 3 rings (SSSR count). The van der Waals surface area contributed by atoms with Gasteiger partial charge in [-0.3, -0.25) is 4.79 Å². The highest BCUT2D eigenvalue weighted by Gasteiger charge is 2.47. The van der Waals surface area contributed by atoms with Gasteiger partial charge in [0.1, 0.15) is 11.2 Å². The number of methoxy groups -OCH3 is 1. The van der Waals surface area contributed by atoms with Crippen molar-refractivity contribution in [2.45, 2.75) is 18.8 Å². The van der Waals surface area contributed by atoms with Gasteiger partial charge in [0.05, 0.1) is 12.8 Å². The third kappa shape index (κ3) is 1.56. The van der Waals surface area contributed by atoms with E-state index >= 15 is 0 Å². The Kier molecular flexibility index (Phi) is 2.97. The molecule has 1 unspecified atom stereocenters. The summed E-state index contributed by atoms with van der Waals surface area (Å²) in [4.78, 5) is 12.7. The van der Waals surface area contributed by atoms with Gasteiger partial charge in [0.15, 0.2) is 0 Å². The molecule has 2 aromatic carbocycles. The minimum absolute atomic E-state index is 0.0192. The zero-order chi connectivity index (χ0) is 14.2. The number of amides is 1. The quantitative estimate of drug-likeness (QED) is 0.926. The van der Waals surface area contributed by atoms with E-state index in [1.165, 1.54) is 0 Å².